The van der Waals surface area contributed by atoms with Crippen molar-refractivity contribution in [3.05, 3.63) is 0 Å². The molecule has 0 heterocycles. The van der Waals surface area contributed by atoms with Gasteiger partial charge in [-0.15, -0.1) is 0 Å². The number of hydrogen-bond acceptors (Lipinski definition) is 3. The zero-order chi connectivity index (χ0) is 15.3. The minimum Gasteiger partial charge on any atom is 0 e. The Morgan fingerprint density at radius 1 is 0.524 bits per heavy atom. The summed E-state index contributed by atoms with van der Waals surface area (Å²) in [5, 5.41) is 0. The summed E-state index contributed by atoms with van der Waals surface area (Å²) < 4.78 is 0. The molecule has 21 heavy (non-hydrogen) atoms. The van der Waals surface area contributed by atoms with Crippen LogP contribution in [0.4, 0.5) is 0 Å². The van der Waals surface area contributed by atoms with Crippen molar-refractivity contribution in [2.45, 2.75) is 90.9 Å². The molecule has 0 radical (unpaired) electrons. The van der Waals surface area contributed by atoms with E-state index in [4.69, 9.17) is 0 Å². The Labute approximate surface area is 147 Å². The van der Waals surface area contributed by atoms with E-state index in [2.05, 4.69) is 13.8 Å². The number of unbranched alkanes of at least 4 members (excludes halogenated alkanes) is 10. The van der Waals surface area contributed by atoms with Crippen LogP contribution in [0.25, 0.3) is 0 Å². The van der Waals surface area contributed by atoms with Crippen molar-refractivity contribution in [2.75, 3.05) is 12.3 Å². The van der Waals surface area contributed by atoms with E-state index in [0.29, 0.717) is 0 Å². The molecular weight excluding hydrogens is 319 g/mol. The average molecular weight is 356 g/mol. The van der Waals surface area contributed by atoms with Crippen molar-refractivity contribution in [1.29, 1.82) is 0 Å². The Kier molecular flexibility index (Phi) is 15.6. The molecule has 0 saturated heterocycles. The van der Waals surface area contributed by atoms with E-state index in [1.165, 1.54) is 38.5 Å². The van der Waals surface area contributed by atoms with Gasteiger partial charge in [0.1, 0.15) is 0 Å². The Balaban J connectivity index is 0. The number of hydrogen-bond donors (Lipinski definition) is 3. The molecule has 0 aliphatic heterocycles. The molecule has 0 aromatic heterocycles. The molecule has 128 valence electrons. The summed E-state index contributed by atoms with van der Waals surface area (Å²) in [6, 6.07) is 0. The van der Waals surface area contributed by atoms with Gasteiger partial charge in [-0.1, -0.05) is 0 Å². The molecule has 0 aliphatic rings. The molecule has 0 atom stereocenters. The van der Waals surface area contributed by atoms with Gasteiger partial charge in [0.15, 0.2) is 0 Å². The Bertz CT molecular complexity index is 209. The van der Waals surface area contributed by atoms with Gasteiger partial charge in [-0.05, 0) is 0 Å². The third-order valence-electron chi connectivity index (χ3n) is 3.94. The maximum Gasteiger partial charge on any atom is 0 e. The molecule has 3 nitrogen and oxygen atoms in total. The molecule has 0 bridgehead atoms. The van der Waals surface area contributed by atoms with E-state index in [1.807, 2.05) is 0 Å². The zero-order valence-corrected chi connectivity index (χ0v) is 16.6. The largest absolute Gasteiger partial charge is 0 e. The minimum atomic E-state index is -4.31. The molecule has 0 unspecified atom stereocenters. The van der Waals surface area contributed by atoms with Gasteiger partial charge in [0.25, 0.3) is 0 Å². The van der Waals surface area contributed by atoms with Gasteiger partial charge in [-0.3, -0.25) is 0 Å². The maximum atomic E-state index is 10.0. The molecule has 3 N–H and O–H groups in total. The fraction of sp³-hybridized carbons (Fsp3) is 1.00. The third-order valence-corrected chi connectivity index (χ3v) is 6.40. The van der Waals surface area contributed by atoms with Crippen molar-refractivity contribution >= 4 is 7.28 Å². The Morgan fingerprint density at radius 2 is 0.810 bits per heavy atom. The van der Waals surface area contributed by atoms with Crippen molar-refractivity contribution in [3.63, 3.8) is 0 Å². The van der Waals surface area contributed by atoms with Crippen LogP contribution in [-0.4, -0.2) is 27.0 Å². The summed E-state index contributed by atoms with van der Waals surface area (Å²) >= 11 is 0. The van der Waals surface area contributed by atoms with Gasteiger partial charge in [0.2, 0.25) is 0 Å². The van der Waals surface area contributed by atoms with E-state index >= 15 is 0 Å². The van der Waals surface area contributed by atoms with Crippen LogP contribution in [0, 0.1) is 0 Å². The molecule has 0 amide bonds. The quantitative estimate of drug-likeness (QED) is 0.234. The van der Waals surface area contributed by atoms with Crippen molar-refractivity contribution in [3.8, 4) is 0 Å². The molecule has 0 aliphatic carbocycles. The molecule has 0 aromatic rings. The first-order valence-electron chi connectivity index (χ1n) is 8.65. The SMILES string of the molecule is CCCCCCCCP(O)(O)(O)CCCCCCCC.[Ti]. The first-order chi connectivity index (χ1) is 9.39. The fourth-order valence-electron chi connectivity index (χ4n) is 2.54. The monoisotopic (exact) mass is 356 g/mol. The molecule has 0 spiro atoms. The summed E-state index contributed by atoms with van der Waals surface area (Å²) in [7, 11) is -4.31. The molecular formula is C16H37O3PTi. The van der Waals surface area contributed by atoms with E-state index in [1.54, 1.807) is 0 Å². The summed E-state index contributed by atoms with van der Waals surface area (Å²) in [4.78, 5) is 30.1. The maximum absolute atomic E-state index is 10.0. The average Bonchev–Trinajstić information content (AvgIpc) is 2.37. The van der Waals surface area contributed by atoms with Crippen LogP contribution in [0.2, 0.25) is 0 Å². The van der Waals surface area contributed by atoms with Gasteiger partial charge in [-0.2, -0.15) is 0 Å². The van der Waals surface area contributed by atoms with Gasteiger partial charge >= 0.3 is 125 Å². The van der Waals surface area contributed by atoms with Crippen molar-refractivity contribution in [1.82, 2.24) is 0 Å². The molecule has 5 heteroatoms. The Hall–Kier alpha value is 1.02. The minimum absolute atomic E-state index is 0. The van der Waals surface area contributed by atoms with Crippen LogP contribution in [0.1, 0.15) is 90.9 Å². The summed E-state index contributed by atoms with van der Waals surface area (Å²) in [5.74, 6) is 0. The zero-order valence-electron chi connectivity index (χ0n) is 14.2. The second-order valence-electron chi connectivity index (χ2n) is 6.32. The van der Waals surface area contributed by atoms with E-state index in [0.717, 1.165) is 38.5 Å². The predicted molar refractivity (Wildman–Crippen MR) is 90.1 cm³/mol. The summed E-state index contributed by atoms with van der Waals surface area (Å²) in [6.45, 7) is 4.37. The van der Waals surface area contributed by atoms with Crippen molar-refractivity contribution in [2.24, 2.45) is 0 Å². The van der Waals surface area contributed by atoms with Crippen LogP contribution >= 0.6 is 7.28 Å². The van der Waals surface area contributed by atoms with Gasteiger partial charge in [0, 0.05) is 21.7 Å². The normalized spacial score (nSPS) is 13.5. The van der Waals surface area contributed by atoms with Gasteiger partial charge in [0.05, 0.1) is 0 Å². The Morgan fingerprint density at radius 3 is 1.14 bits per heavy atom. The fourth-order valence-corrected chi connectivity index (χ4v) is 4.51. The van der Waals surface area contributed by atoms with Gasteiger partial charge < -0.3 is 0 Å². The van der Waals surface area contributed by atoms with E-state index in [9.17, 15) is 14.7 Å². The summed E-state index contributed by atoms with van der Waals surface area (Å²) in [6.07, 6.45) is 13.5. The smallest absolute Gasteiger partial charge is 0 e. The van der Waals surface area contributed by atoms with E-state index in [-0.39, 0.29) is 34.0 Å². The molecule has 0 rings (SSSR count). The molecule has 0 fully saturated rings. The number of rotatable bonds is 14. The topological polar surface area (TPSA) is 60.7 Å². The van der Waals surface area contributed by atoms with Crippen molar-refractivity contribution < 1.29 is 36.4 Å². The standard InChI is InChI=1S/C16H37O3P.Ti/c1-3-5-7-9-11-13-15-20(17,18,19)16-14-12-10-8-6-4-2;/h17-19H,3-16H2,1-2H3;. The van der Waals surface area contributed by atoms with Crippen LogP contribution in [0.3, 0.4) is 0 Å². The van der Waals surface area contributed by atoms with Crippen LogP contribution in [0.15, 0.2) is 0 Å². The van der Waals surface area contributed by atoms with Crippen LogP contribution in [0.5, 0.6) is 0 Å². The molecule has 0 saturated carbocycles. The summed E-state index contributed by atoms with van der Waals surface area (Å²) in [5.41, 5.74) is 0. The second-order valence-corrected chi connectivity index (χ2v) is 9.90. The van der Waals surface area contributed by atoms with Crippen LogP contribution < -0.4 is 0 Å². The molecule has 0 aromatic carbocycles. The van der Waals surface area contributed by atoms with Crippen LogP contribution in [-0.2, 0) is 21.7 Å². The third kappa shape index (κ3) is 17.2. The first-order valence-corrected chi connectivity index (χ1v) is 11.1. The van der Waals surface area contributed by atoms with E-state index < -0.39 is 7.28 Å². The predicted octanol–water partition coefficient (Wildman–Crippen LogP) is 4.98. The first kappa shape index (κ1) is 24.3. The van der Waals surface area contributed by atoms with Gasteiger partial charge in [-0.25, -0.2) is 0 Å². The second kappa shape index (κ2) is 13.5.